The summed E-state index contributed by atoms with van der Waals surface area (Å²) in [4.78, 5) is 12.2. The van der Waals surface area contributed by atoms with Crippen LogP contribution in [0, 0.1) is 11.8 Å². The number of rotatable bonds is 2. The lowest BCUT2D eigenvalue weighted by atomic mass is 9.89. The largest absolute Gasteiger partial charge is 0.399 e. The fraction of sp³-hybridized carbons (Fsp3) is 0.462. The number of carbonyl (C=O) groups is 1. The van der Waals surface area contributed by atoms with E-state index in [2.05, 4.69) is 5.32 Å². The minimum Gasteiger partial charge on any atom is -0.399 e. The number of nitrogens with two attached hydrogens (primary N) is 1. The maximum absolute atomic E-state index is 12.2. The van der Waals surface area contributed by atoms with Gasteiger partial charge in [-0.2, -0.15) is 0 Å². The van der Waals surface area contributed by atoms with Gasteiger partial charge in [0.05, 0.1) is 10.7 Å². The Balaban J connectivity index is 2.08. The number of hydrogen-bond donors (Lipinski definition) is 2. The van der Waals surface area contributed by atoms with Gasteiger partial charge < -0.3 is 15.8 Å². The summed E-state index contributed by atoms with van der Waals surface area (Å²) in [5.74, 6) is 0.174. The normalized spacial score (nSPS) is 23.7. The molecule has 1 aliphatic rings. The van der Waals surface area contributed by atoms with Crippen LogP contribution < -0.4 is 11.1 Å². The predicted molar refractivity (Wildman–Crippen MR) is 72.6 cm³/mol. The molecular weight excluding hydrogens is 252 g/mol. The Morgan fingerprint density at radius 2 is 2.33 bits per heavy atom. The highest BCUT2D eigenvalue weighted by molar-refractivity contribution is 6.33. The molecule has 1 aromatic rings. The second-order valence-corrected chi connectivity index (χ2v) is 5.08. The van der Waals surface area contributed by atoms with E-state index >= 15 is 0 Å². The van der Waals surface area contributed by atoms with Crippen LogP contribution in [-0.4, -0.2) is 19.1 Å². The zero-order valence-electron chi connectivity index (χ0n) is 10.3. The summed E-state index contributed by atoms with van der Waals surface area (Å²) >= 11 is 6.02. The topological polar surface area (TPSA) is 64.3 Å². The molecule has 1 saturated heterocycles. The molecule has 0 aromatic heterocycles. The molecule has 2 unspecified atom stereocenters. The maximum Gasteiger partial charge on any atom is 0.227 e. The molecular formula is C13H17ClN2O2. The molecule has 1 amide bonds. The van der Waals surface area contributed by atoms with E-state index in [0.717, 1.165) is 6.42 Å². The molecule has 1 heterocycles. The molecule has 3 N–H and O–H groups in total. The van der Waals surface area contributed by atoms with Gasteiger partial charge in [-0.15, -0.1) is 0 Å². The van der Waals surface area contributed by atoms with Gasteiger partial charge in [-0.25, -0.2) is 0 Å². The molecule has 0 bridgehead atoms. The Hall–Kier alpha value is -1.26. The molecule has 5 heteroatoms. The Kier molecular flexibility index (Phi) is 4.09. The highest BCUT2D eigenvalue weighted by atomic mass is 35.5. The summed E-state index contributed by atoms with van der Waals surface area (Å²) < 4.78 is 5.33. The molecule has 0 aliphatic carbocycles. The van der Waals surface area contributed by atoms with E-state index in [4.69, 9.17) is 22.1 Å². The van der Waals surface area contributed by atoms with Crippen LogP contribution in [0.15, 0.2) is 18.2 Å². The fourth-order valence-electron chi connectivity index (χ4n) is 2.13. The molecule has 0 saturated carbocycles. The van der Waals surface area contributed by atoms with E-state index < -0.39 is 0 Å². The summed E-state index contributed by atoms with van der Waals surface area (Å²) in [5, 5.41) is 3.34. The van der Waals surface area contributed by atoms with E-state index in [0.29, 0.717) is 29.6 Å². The van der Waals surface area contributed by atoms with E-state index in [9.17, 15) is 4.79 Å². The van der Waals surface area contributed by atoms with Crippen LogP contribution in [0.4, 0.5) is 11.4 Å². The van der Waals surface area contributed by atoms with E-state index in [1.807, 2.05) is 6.92 Å². The summed E-state index contributed by atoms with van der Waals surface area (Å²) in [7, 11) is 0. The van der Waals surface area contributed by atoms with Crippen LogP contribution in [0.5, 0.6) is 0 Å². The molecule has 2 atom stereocenters. The maximum atomic E-state index is 12.2. The number of benzene rings is 1. The first-order valence-corrected chi connectivity index (χ1v) is 6.39. The number of nitrogen functional groups attached to an aromatic ring is 1. The van der Waals surface area contributed by atoms with Crippen LogP contribution >= 0.6 is 11.6 Å². The van der Waals surface area contributed by atoms with Crippen molar-refractivity contribution in [2.24, 2.45) is 11.8 Å². The van der Waals surface area contributed by atoms with Crippen molar-refractivity contribution in [3.63, 3.8) is 0 Å². The predicted octanol–water partition coefficient (Wildman–Crippen LogP) is 2.53. The van der Waals surface area contributed by atoms with Crippen molar-refractivity contribution in [3.8, 4) is 0 Å². The zero-order valence-corrected chi connectivity index (χ0v) is 11.0. The second kappa shape index (κ2) is 5.59. The highest BCUT2D eigenvalue weighted by Gasteiger charge is 2.28. The average Bonchev–Trinajstić information content (AvgIpc) is 2.34. The second-order valence-electron chi connectivity index (χ2n) is 4.68. The van der Waals surface area contributed by atoms with Crippen molar-refractivity contribution < 1.29 is 9.53 Å². The summed E-state index contributed by atoms with van der Waals surface area (Å²) in [6.45, 7) is 3.28. The Labute approximate surface area is 111 Å². The Morgan fingerprint density at radius 1 is 1.56 bits per heavy atom. The number of anilines is 2. The zero-order chi connectivity index (χ0) is 13.1. The van der Waals surface area contributed by atoms with Crippen molar-refractivity contribution in [2.75, 3.05) is 24.3 Å². The number of hydrogen-bond acceptors (Lipinski definition) is 3. The quantitative estimate of drug-likeness (QED) is 0.810. The van der Waals surface area contributed by atoms with E-state index in [1.165, 1.54) is 0 Å². The summed E-state index contributed by atoms with van der Waals surface area (Å²) in [6, 6.07) is 5.05. The molecule has 98 valence electrons. The minimum absolute atomic E-state index is 0.0155. The Bertz CT molecular complexity index is 451. The molecule has 1 aliphatic heterocycles. The first kappa shape index (κ1) is 13.2. The highest BCUT2D eigenvalue weighted by Crippen LogP contribution is 2.27. The summed E-state index contributed by atoms with van der Waals surface area (Å²) in [6.07, 6.45) is 0.743. The lowest BCUT2D eigenvalue weighted by molar-refractivity contribution is -0.125. The van der Waals surface area contributed by atoms with Crippen molar-refractivity contribution in [1.29, 1.82) is 0 Å². The third kappa shape index (κ3) is 2.94. The standard InChI is InChI=1S/C13H17ClN2O2/c1-8-7-18-5-4-10(8)13(17)16-12-6-9(15)2-3-11(12)14/h2-3,6,8,10H,4-5,7,15H2,1H3,(H,16,17). The average molecular weight is 269 g/mol. The van der Waals surface area contributed by atoms with Crippen molar-refractivity contribution in [3.05, 3.63) is 23.2 Å². The molecule has 1 aromatic carbocycles. The fourth-order valence-corrected chi connectivity index (χ4v) is 2.30. The molecule has 4 nitrogen and oxygen atoms in total. The van der Waals surface area contributed by atoms with Gasteiger partial charge >= 0.3 is 0 Å². The van der Waals surface area contributed by atoms with Gasteiger partial charge in [-0.1, -0.05) is 18.5 Å². The number of halogens is 1. The number of amides is 1. The van der Waals surface area contributed by atoms with Crippen LogP contribution in [0.1, 0.15) is 13.3 Å². The van der Waals surface area contributed by atoms with Gasteiger partial charge in [0.1, 0.15) is 0 Å². The van der Waals surface area contributed by atoms with E-state index in [1.54, 1.807) is 18.2 Å². The lowest BCUT2D eigenvalue weighted by Crippen LogP contribution is -2.35. The molecule has 0 spiro atoms. The SMILES string of the molecule is CC1COCCC1C(=O)Nc1cc(N)ccc1Cl. The number of nitrogens with one attached hydrogen (secondary N) is 1. The number of ether oxygens (including phenoxy) is 1. The lowest BCUT2D eigenvalue weighted by Gasteiger charge is -2.27. The monoisotopic (exact) mass is 268 g/mol. The smallest absolute Gasteiger partial charge is 0.227 e. The van der Waals surface area contributed by atoms with Crippen LogP contribution in [0.25, 0.3) is 0 Å². The van der Waals surface area contributed by atoms with Gasteiger partial charge in [-0.05, 0) is 30.5 Å². The summed E-state index contributed by atoms with van der Waals surface area (Å²) in [5.41, 5.74) is 6.83. The molecule has 1 fully saturated rings. The van der Waals surface area contributed by atoms with Gasteiger partial charge in [0, 0.05) is 24.8 Å². The van der Waals surface area contributed by atoms with Gasteiger partial charge in [0.25, 0.3) is 0 Å². The van der Waals surface area contributed by atoms with E-state index in [-0.39, 0.29) is 17.7 Å². The van der Waals surface area contributed by atoms with Gasteiger partial charge in [-0.3, -0.25) is 4.79 Å². The molecule has 18 heavy (non-hydrogen) atoms. The van der Waals surface area contributed by atoms with Crippen LogP contribution in [-0.2, 0) is 9.53 Å². The van der Waals surface area contributed by atoms with Gasteiger partial charge in [0.15, 0.2) is 0 Å². The van der Waals surface area contributed by atoms with Crippen molar-refractivity contribution in [2.45, 2.75) is 13.3 Å². The van der Waals surface area contributed by atoms with Gasteiger partial charge in [0.2, 0.25) is 5.91 Å². The third-order valence-electron chi connectivity index (χ3n) is 3.23. The third-order valence-corrected chi connectivity index (χ3v) is 3.56. The van der Waals surface area contributed by atoms with Crippen LogP contribution in [0.3, 0.4) is 0 Å². The van der Waals surface area contributed by atoms with Crippen LogP contribution in [0.2, 0.25) is 5.02 Å². The minimum atomic E-state index is -0.0313. The number of carbonyl (C=O) groups excluding carboxylic acids is 1. The first-order valence-electron chi connectivity index (χ1n) is 6.01. The first-order chi connectivity index (χ1) is 8.58. The van der Waals surface area contributed by atoms with Crippen molar-refractivity contribution >= 4 is 28.9 Å². The molecule has 2 rings (SSSR count). The Morgan fingerprint density at radius 3 is 3.06 bits per heavy atom. The molecule has 0 radical (unpaired) electrons. The van der Waals surface area contributed by atoms with Crippen molar-refractivity contribution in [1.82, 2.24) is 0 Å².